The van der Waals surface area contributed by atoms with Crippen LogP contribution < -0.4 is 10.6 Å². The van der Waals surface area contributed by atoms with Crippen molar-refractivity contribution in [2.24, 2.45) is 4.99 Å². The van der Waals surface area contributed by atoms with E-state index < -0.39 is 0 Å². The van der Waals surface area contributed by atoms with Crippen molar-refractivity contribution in [3.8, 4) is 12.8 Å². The molecule has 8 nitrogen and oxygen atoms in total. The van der Waals surface area contributed by atoms with Crippen LogP contribution >= 0.6 is 0 Å². The summed E-state index contributed by atoms with van der Waals surface area (Å²) in [6.45, 7) is 8.28. The molecule has 186 valence electrons. The third kappa shape index (κ3) is 14.4. The zero-order valence-electron chi connectivity index (χ0n) is 20.7. The van der Waals surface area contributed by atoms with E-state index >= 15 is 0 Å². The molecular weight excluding hydrogens is 442 g/mol. The fourth-order valence-electron chi connectivity index (χ4n) is 2.43. The number of aldehydes is 1. The lowest BCUT2D eigenvalue weighted by molar-refractivity contribution is -0.118. The number of pyridine rings is 1. The van der Waals surface area contributed by atoms with E-state index in [1.54, 1.807) is 36.5 Å². The molecule has 0 saturated heterocycles. The van der Waals surface area contributed by atoms with Crippen LogP contribution in [0.5, 0.6) is 0 Å². The first-order chi connectivity index (χ1) is 17.0. The number of carbonyl (C=O) groups is 2. The van der Waals surface area contributed by atoms with Crippen molar-refractivity contribution >= 4 is 18.9 Å². The zero-order valence-corrected chi connectivity index (χ0v) is 20.7. The molecule has 0 aromatic carbocycles. The van der Waals surface area contributed by atoms with E-state index in [2.05, 4.69) is 40.2 Å². The molecule has 0 spiro atoms. The molecule has 0 aliphatic rings. The highest BCUT2D eigenvalue weighted by Gasteiger charge is 2.12. The summed E-state index contributed by atoms with van der Waals surface area (Å²) in [6, 6.07) is 3.69. The lowest BCUT2D eigenvalue weighted by atomic mass is 10.2. The van der Waals surface area contributed by atoms with E-state index in [-0.39, 0.29) is 5.91 Å². The Morgan fingerprint density at radius 1 is 1.31 bits per heavy atom. The maximum Gasteiger partial charge on any atom is 0.269 e. The average molecular weight is 478 g/mol. The topological polar surface area (TPSA) is 95.9 Å². The number of rotatable bonds is 15. The van der Waals surface area contributed by atoms with Crippen LogP contribution in [0.3, 0.4) is 0 Å². The Kier molecular flexibility index (Phi) is 17.7. The molecule has 0 aliphatic heterocycles. The quantitative estimate of drug-likeness (QED) is 0.0587. The Balaban J connectivity index is 0.00000562. The molecule has 1 amide bonds. The standard InChI is InChI=1S/C25H33N5O3.C2H2/c1-5-6-7-8-9-17-33-23(13-16-31)12-15-30(4)20-29-24(21(2)26-3)25(32)28-19-22-11-10-14-27-18-22;1-2/h5-8,10-16,18,29H,3,9,17,19-20H2,1-2,4H3,(H,28,32);1-2H/b6-5-,8-7-,15-12-,23-13+,24-21-;. The van der Waals surface area contributed by atoms with Gasteiger partial charge >= 0.3 is 0 Å². The number of nitrogens with zero attached hydrogens (tertiary/aromatic N) is 3. The first kappa shape index (κ1) is 30.6. The second kappa shape index (κ2) is 20.2. The van der Waals surface area contributed by atoms with Gasteiger partial charge in [0.15, 0.2) is 0 Å². The summed E-state index contributed by atoms with van der Waals surface area (Å²) in [5.41, 5.74) is 1.69. The van der Waals surface area contributed by atoms with Crippen LogP contribution in [0.25, 0.3) is 0 Å². The fourth-order valence-corrected chi connectivity index (χ4v) is 2.43. The molecular formula is C27H35N5O3. The van der Waals surface area contributed by atoms with E-state index in [9.17, 15) is 9.59 Å². The molecule has 0 atom stereocenters. The molecule has 1 rings (SSSR count). The van der Waals surface area contributed by atoms with Crippen molar-refractivity contribution in [1.82, 2.24) is 20.5 Å². The Morgan fingerprint density at radius 2 is 2.09 bits per heavy atom. The normalized spacial score (nSPS) is 12.0. The number of hydrogen-bond acceptors (Lipinski definition) is 7. The first-order valence-corrected chi connectivity index (χ1v) is 10.9. The number of carbonyl (C=O) groups excluding carboxylic acids is 2. The smallest absolute Gasteiger partial charge is 0.269 e. The number of terminal acetylenes is 1. The number of amides is 1. The van der Waals surface area contributed by atoms with Crippen LogP contribution in [0, 0.1) is 12.8 Å². The summed E-state index contributed by atoms with van der Waals surface area (Å²) in [5, 5.41) is 5.93. The molecule has 1 aromatic rings. The van der Waals surface area contributed by atoms with Crippen LogP contribution in [0.15, 0.2) is 89.3 Å². The number of ether oxygens (including phenoxy) is 1. The van der Waals surface area contributed by atoms with Gasteiger partial charge in [-0.05, 0) is 44.7 Å². The second-order valence-electron chi connectivity index (χ2n) is 6.87. The number of nitrogens with one attached hydrogen (secondary N) is 2. The predicted molar refractivity (Wildman–Crippen MR) is 142 cm³/mol. The van der Waals surface area contributed by atoms with Crippen molar-refractivity contribution in [1.29, 1.82) is 0 Å². The molecule has 8 heteroatoms. The van der Waals surface area contributed by atoms with Crippen molar-refractivity contribution < 1.29 is 14.3 Å². The minimum absolute atomic E-state index is 0.294. The van der Waals surface area contributed by atoms with Crippen LogP contribution in [0.2, 0.25) is 0 Å². The van der Waals surface area contributed by atoms with E-state index in [4.69, 9.17) is 4.74 Å². The largest absolute Gasteiger partial charge is 0.493 e. The molecule has 0 aliphatic carbocycles. The van der Waals surface area contributed by atoms with Gasteiger partial charge in [-0.15, -0.1) is 12.8 Å². The number of allylic oxidation sites excluding steroid dienone is 6. The van der Waals surface area contributed by atoms with Gasteiger partial charge in [0.05, 0.1) is 19.0 Å². The first-order valence-electron chi connectivity index (χ1n) is 10.9. The third-order valence-corrected chi connectivity index (χ3v) is 4.23. The maximum absolute atomic E-state index is 12.6. The van der Waals surface area contributed by atoms with Crippen LogP contribution in [0.1, 0.15) is 25.8 Å². The van der Waals surface area contributed by atoms with Crippen LogP contribution in [-0.2, 0) is 20.9 Å². The van der Waals surface area contributed by atoms with Gasteiger partial charge in [0.1, 0.15) is 17.7 Å². The average Bonchev–Trinajstić information content (AvgIpc) is 2.89. The van der Waals surface area contributed by atoms with Gasteiger partial charge in [-0.1, -0.05) is 30.4 Å². The predicted octanol–water partition coefficient (Wildman–Crippen LogP) is 3.49. The Bertz CT molecular complexity index is 944. The highest BCUT2D eigenvalue weighted by molar-refractivity contribution is 5.93. The highest BCUT2D eigenvalue weighted by atomic mass is 16.5. The maximum atomic E-state index is 12.6. The lowest BCUT2D eigenvalue weighted by Gasteiger charge is -2.19. The molecule has 2 N–H and O–H groups in total. The summed E-state index contributed by atoms with van der Waals surface area (Å²) < 4.78 is 5.63. The van der Waals surface area contributed by atoms with Crippen LogP contribution in [0.4, 0.5) is 0 Å². The van der Waals surface area contributed by atoms with E-state index in [1.165, 1.54) is 6.08 Å². The lowest BCUT2D eigenvalue weighted by Crippen LogP contribution is -2.36. The van der Waals surface area contributed by atoms with Gasteiger partial charge in [-0.2, -0.15) is 0 Å². The minimum Gasteiger partial charge on any atom is -0.493 e. The second-order valence-corrected chi connectivity index (χ2v) is 6.87. The summed E-state index contributed by atoms with van der Waals surface area (Å²) in [6.07, 6.45) is 25.4. The summed E-state index contributed by atoms with van der Waals surface area (Å²) >= 11 is 0. The van der Waals surface area contributed by atoms with Crippen molar-refractivity contribution in [2.45, 2.75) is 26.8 Å². The van der Waals surface area contributed by atoms with Crippen molar-refractivity contribution in [3.63, 3.8) is 0 Å². The highest BCUT2D eigenvalue weighted by Crippen LogP contribution is 2.05. The molecule has 1 aromatic heterocycles. The van der Waals surface area contributed by atoms with E-state index in [0.29, 0.717) is 43.3 Å². The molecule has 0 fully saturated rings. The molecule has 1 heterocycles. The van der Waals surface area contributed by atoms with Gasteiger partial charge in [0.25, 0.3) is 5.91 Å². The van der Waals surface area contributed by atoms with Gasteiger partial charge in [-0.3, -0.25) is 19.6 Å². The SMILES string of the molecule is C#C.C=N/C(C)=C(\NCN(C)/C=C\C(=C/C=O)OCC/C=C\C=C/C)C(=O)NCc1cccnc1. The number of aromatic nitrogens is 1. The van der Waals surface area contributed by atoms with E-state index in [0.717, 1.165) is 12.0 Å². The molecule has 0 saturated carbocycles. The van der Waals surface area contributed by atoms with Gasteiger partial charge in [0, 0.05) is 38.3 Å². The Morgan fingerprint density at radius 3 is 2.71 bits per heavy atom. The van der Waals surface area contributed by atoms with Gasteiger partial charge in [0.2, 0.25) is 0 Å². The number of hydrogen-bond donors (Lipinski definition) is 2. The number of aliphatic imine (C=N–C) groups is 1. The van der Waals surface area contributed by atoms with Crippen LogP contribution in [-0.4, -0.2) is 49.1 Å². The van der Waals surface area contributed by atoms with Crippen molar-refractivity contribution in [3.05, 3.63) is 89.9 Å². The molecule has 0 bridgehead atoms. The van der Waals surface area contributed by atoms with Gasteiger partial charge in [-0.25, -0.2) is 0 Å². The monoisotopic (exact) mass is 477 g/mol. The van der Waals surface area contributed by atoms with Gasteiger partial charge < -0.3 is 20.3 Å². The molecule has 35 heavy (non-hydrogen) atoms. The van der Waals surface area contributed by atoms with Crippen molar-refractivity contribution in [2.75, 3.05) is 20.3 Å². The summed E-state index contributed by atoms with van der Waals surface area (Å²) in [7, 11) is 1.82. The molecule has 0 unspecified atom stereocenters. The molecule has 0 radical (unpaired) electrons. The summed E-state index contributed by atoms with van der Waals surface area (Å²) in [5.74, 6) is 0.155. The Hall–Kier alpha value is -4.38. The minimum atomic E-state index is -0.294. The third-order valence-electron chi connectivity index (χ3n) is 4.23. The van der Waals surface area contributed by atoms with E-state index in [1.807, 2.05) is 50.4 Å². The fraction of sp³-hybridized carbons (Fsp3) is 0.259. The summed E-state index contributed by atoms with van der Waals surface area (Å²) in [4.78, 5) is 33.2. The Labute approximate surface area is 208 Å². The zero-order chi connectivity index (χ0) is 26.3.